The van der Waals surface area contributed by atoms with Crippen LogP contribution in [0.15, 0.2) is 22.6 Å². The van der Waals surface area contributed by atoms with Crippen LogP contribution >= 0.6 is 23.5 Å². The second-order valence-electron chi connectivity index (χ2n) is 9.26. The fourth-order valence-corrected chi connectivity index (χ4v) is 9.99. The van der Waals surface area contributed by atoms with Crippen LogP contribution in [0, 0.1) is 11.8 Å². The second-order valence-corrected chi connectivity index (χ2v) is 16.0. The minimum atomic E-state index is -0.835. The Labute approximate surface area is 198 Å². The average Bonchev–Trinajstić information content (AvgIpc) is 3.25. The average molecular weight is 504 g/mol. The van der Waals surface area contributed by atoms with Gasteiger partial charge in [0.1, 0.15) is 12.0 Å². The number of esters is 1. The highest BCUT2D eigenvalue weighted by molar-refractivity contribution is 8.23. The zero-order chi connectivity index (χ0) is 22.9. The Balaban J connectivity index is 1.72. The lowest BCUT2D eigenvalue weighted by Crippen LogP contribution is -2.61. The van der Waals surface area contributed by atoms with E-state index in [1.165, 1.54) is 6.08 Å². The molecule has 2 saturated heterocycles. The summed E-state index contributed by atoms with van der Waals surface area (Å²) in [7, 11) is -1.63. The number of amides is 1. The van der Waals surface area contributed by atoms with E-state index in [1.54, 1.807) is 28.4 Å². The summed E-state index contributed by atoms with van der Waals surface area (Å²) in [5.74, 6) is 1.01. The third kappa shape index (κ3) is 5.34. The van der Waals surface area contributed by atoms with Crippen molar-refractivity contribution in [2.45, 2.75) is 62.8 Å². The van der Waals surface area contributed by atoms with Gasteiger partial charge in [-0.15, -0.1) is 11.8 Å². The van der Waals surface area contributed by atoms with Crippen molar-refractivity contribution in [1.82, 2.24) is 4.90 Å². The molecule has 0 bridgehead atoms. The summed E-state index contributed by atoms with van der Waals surface area (Å²) in [6.45, 7) is 14.5. The Bertz CT molecular complexity index is 800. The highest BCUT2D eigenvalue weighted by Crippen LogP contribution is 2.55. The Morgan fingerprint density at radius 1 is 1.45 bits per heavy atom. The standard InChI is InChI=1S/C21H33NO5S3Si/c1-7-9-26-19(24)16-20(28-14-8-10-30(25)11-14)29-18-15(17(23)22(16)18)13(4)27-31-21(5,6)12(2)3/h7,12-15,18H,1,8-11,31H2,2-6H3/t13-,14?,15+,18-,30?/m1/s1. The highest BCUT2D eigenvalue weighted by Gasteiger charge is 2.58. The number of hydrogen-bond acceptors (Lipinski definition) is 7. The maximum atomic E-state index is 13.1. The molecule has 0 aromatic carbocycles. The van der Waals surface area contributed by atoms with Crippen molar-refractivity contribution in [3.05, 3.63) is 22.6 Å². The summed E-state index contributed by atoms with van der Waals surface area (Å²) in [5.41, 5.74) is 0.340. The van der Waals surface area contributed by atoms with Crippen molar-refractivity contribution in [2.75, 3.05) is 18.1 Å². The topological polar surface area (TPSA) is 72.9 Å². The molecule has 0 N–H and O–H groups in total. The van der Waals surface area contributed by atoms with Gasteiger partial charge in [0.05, 0.1) is 16.3 Å². The fourth-order valence-electron chi connectivity index (χ4n) is 3.51. The van der Waals surface area contributed by atoms with Crippen molar-refractivity contribution in [2.24, 2.45) is 11.8 Å². The van der Waals surface area contributed by atoms with Gasteiger partial charge in [-0.3, -0.25) is 13.9 Å². The van der Waals surface area contributed by atoms with E-state index >= 15 is 0 Å². The zero-order valence-electron chi connectivity index (χ0n) is 18.9. The molecule has 3 rings (SSSR count). The molecule has 3 heterocycles. The molecule has 0 radical (unpaired) electrons. The summed E-state index contributed by atoms with van der Waals surface area (Å²) < 4.78 is 24.2. The lowest BCUT2D eigenvalue weighted by molar-refractivity contribution is -0.157. The molecule has 0 saturated carbocycles. The normalized spacial score (nSPS) is 29.6. The molecule has 10 heteroatoms. The molecule has 5 atom stereocenters. The zero-order valence-corrected chi connectivity index (χ0v) is 22.8. The molecule has 174 valence electrons. The number of nitrogens with zero attached hydrogens (tertiary/aromatic N) is 1. The van der Waals surface area contributed by atoms with Crippen LogP contribution in [-0.2, 0) is 29.6 Å². The van der Waals surface area contributed by atoms with Crippen molar-refractivity contribution in [1.29, 1.82) is 0 Å². The van der Waals surface area contributed by atoms with Crippen LogP contribution in [0.3, 0.4) is 0 Å². The van der Waals surface area contributed by atoms with Gasteiger partial charge in [0, 0.05) is 27.6 Å². The molecule has 0 aromatic rings. The number of β-lactam (4-membered cyclic amide) rings is 1. The van der Waals surface area contributed by atoms with Gasteiger partial charge in [-0.05, 0) is 24.3 Å². The van der Waals surface area contributed by atoms with E-state index in [9.17, 15) is 13.8 Å². The number of hydrogen-bond donors (Lipinski definition) is 0. The maximum Gasteiger partial charge on any atom is 0.357 e. The van der Waals surface area contributed by atoms with Crippen molar-refractivity contribution in [3.8, 4) is 0 Å². The molecule has 31 heavy (non-hydrogen) atoms. The monoisotopic (exact) mass is 503 g/mol. The van der Waals surface area contributed by atoms with Crippen LogP contribution in [0.5, 0.6) is 0 Å². The third-order valence-electron chi connectivity index (χ3n) is 6.37. The summed E-state index contributed by atoms with van der Waals surface area (Å²) in [6.07, 6.45) is 2.19. The Kier molecular flexibility index (Phi) is 8.21. The van der Waals surface area contributed by atoms with E-state index < -0.39 is 26.5 Å². The SMILES string of the molecule is C=CCOC(=O)C1=C(SC2CCS(=O)C2)S[C@@H]2[C@@H]([C@@H](C)O[SiH2]C(C)(C)C(C)C)C(=O)N12. The number of rotatable bonds is 10. The molecular weight excluding hydrogens is 471 g/mol. The molecule has 0 aliphatic carbocycles. The molecule has 0 spiro atoms. The summed E-state index contributed by atoms with van der Waals surface area (Å²) in [5, 5.41) is 0.214. The smallest absolute Gasteiger partial charge is 0.357 e. The van der Waals surface area contributed by atoms with Gasteiger partial charge in [-0.1, -0.05) is 52.1 Å². The summed E-state index contributed by atoms with van der Waals surface area (Å²) >= 11 is 3.13. The highest BCUT2D eigenvalue weighted by atomic mass is 32.2. The predicted octanol–water partition coefficient (Wildman–Crippen LogP) is 3.01. The molecular formula is C21H33NO5S3Si. The van der Waals surface area contributed by atoms with E-state index in [4.69, 9.17) is 9.16 Å². The number of thioether (sulfide) groups is 2. The molecule has 3 aliphatic rings. The largest absolute Gasteiger partial charge is 0.457 e. The maximum absolute atomic E-state index is 13.1. The molecule has 0 aromatic heterocycles. The van der Waals surface area contributed by atoms with Crippen LogP contribution in [0.4, 0.5) is 0 Å². The number of ether oxygens (including phenoxy) is 1. The summed E-state index contributed by atoms with van der Waals surface area (Å²) in [6, 6.07) is 0. The van der Waals surface area contributed by atoms with Crippen LogP contribution in [0.25, 0.3) is 0 Å². The van der Waals surface area contributed by atoms with Crippen molar-refractivity contribution in [3.63, 3.8) is 0 Å². The third-order valence-corrected chi connectivity index (χ3v) is 13.2. The van der Waals surface area contributed by atoms with E-state index in [-0.39, 0.29) is 40.2 Å². The van der Waals surface area contributed by atoms with Crippen molar-refractivity contribution >= 4 is 56.0 Å². The van der Waals surface area contributed by atoms with Gasteiger partial charge in [0.2, 0.25) is 5.91 Å². The fraction of sp³-hybridized carbons (Fsp3) is 0.714. The second kappa shape index (κ2) is 10.2. The molecule has 2 fully saturated rings. The lowest BCUT2D eigenvalue weighted by Gasteiger charge is -2.45. The number of fused-ring (bicyclic) bond motifs is 1. The molecule has 1 amide bonds. The molecule has 3 aliphatic heterocycles. The first-order valence-electron chi connectivity index (χ1n) is 10.7. The van der Waals surface area contributed by atoms with E-state index in [0.717, 1.165) is 10.7 Å². The molecule has 6 nitrogen and oxygen atoms in total. The minimum Gasteiger partial charge on any atom is -0.457 e. The Hall–Kier alpha value is -0.553. The van der Waals surface area contributed by atoms with Crippen LogP contribution in [-0.4, -0.2) is 65.6 Å². The first-order valence-corrected chi connectivity index (χ1v) is 15.2. The van der Waals surface area contributed by atoms with Gasteiger partial charge in [0.15, 0.2) is 15.5 Å². The van der Waals surface area contributed by atoms with Gasteiger partial charge in [-0.25, -0.2) is 4.79 Å². The number of carbonyl (C=O) groups excluding carboxylic acids is 2. The van der Waals surface area contributed by atoms with Crippen LogP contribution < -0.4 is 0 Å². The van der Waals surface area contributed by atoms with Gasteiger partial charge < -0.3 is 9.16 Å². The van der Waals surface area contributed by atoms with E-state index in [0.29, 0.717) is 23.1 Å². The first-order chi connectivity index (χ1) is 14.6. The van der Waals surface area contributed by atoms with E-state index in [2.05, 4.69) is 34.3 Å². The van der Waals surface area contributed by atoms with Gasteiger partial charge in [-0.2, -0.15) is 0 Å². The summed E-state index contributed by atoms with van der Waals surface area (Å²) in [4.78, 5) is 27.4. The first kappa shape index (κ1) is 25.1. The Morgan fingerprint density at radius 3 is 2.74 bits per heavy atom. The van der Waals surface area contributed by atoms with Crippen molar-refractivity contribution < 1.29 is 23.0 Å². The molecule has 2 unspecified atom stereocenters. The van der Waals surface area contributed by atoms with Crippen LogP contribution in [0.2, 0.25) is 5.04 Å². The lowest BCUT2D eigenvalue weighted by atomic mass is 9.92. The van der Waals surface area contributed by atoms with Gasteiger partial charge in [0.25, 0.3) is 0 Å². The minimum absolute atomic E-state index is 0.0718. The Morgan fingerprint density at radius 2 is 2.16 bits per heavy atom. The van der Waals surface area contributed by atoms with Crippen LogP contribution in [0.1, 0.15) is 41.0 Å². The predicted molar refractivity (Wildman–Crippen MR) is 132 cm³/mol. The van der Waals surface area contributed by atoms with E-state index in [1.807, 2.05) is 6.92 Å². The quantitative estimate of drug-likeness (QED) is 0.196. The van der Waals surface area contributed by atoms with Gasteiger partial charge >= 0.3 is 5.97 Å². The number of carbonyl (C=O) groups is 2.